The number of nitrogens with zero attached hydrogens (tertiary/aromatic N) is 4. The van der Waals surface area contributed by atoms with E-state index in [4.69, 9.17) is 28.9 Å². The van der Waals surface area contributed by atoms with Crippen LogP contribution in [0.2, 0.25) is 0 Å². The van der Waals surface area contributed by atoms with Crippen molar-refractivity contribution in [3.63, 3.8) is 0 Å². The molecule has 1 aromatic carbocycles. The summed E-state index contributed by atoms with van der Waals surface area (Å²) in [7, 11) is 5.00. The van der Waals surface area contributed by atoms with Gasteiger partial charge in [0.25, 0.3) is 23.6 Å². The number of hydrogen-bond donors (Lipinski definition) is 5. The van der Waals surface area contributed by atoms with Crippen LogP contribution in [0.1, 0.15) is 47.6 Å². The Morgan fingerprint density at radius 3 is 1.69 bits per heavy atom. The predicted molar refractivity (Wildman–Crippen MR) is 202 cm³/mol. The number of rotatable bonds is 15. The molecule has 0 radical (unpaired) electrons. The zero-order valence-electron chi connectivity index (χ0n) is 28.1. The highest BCUT2D eigenvalue weighted by molar-refractivity contribution is 7.20. The van der Waals surface area contributed by atoms with Crippen molar-refractivity contribution in [2.24, 2.45) is 26.9 Å². The smallest absolute Gasteiger partial charge is 0.272 e. The molecule has 0 aliphatic heterocycles. The van der Waals surface area contributed by atoms with E-state index in [2.05, 4.69) is 26.2 Å². The van der Waals surface area contributed by atoms with Crippen molar-refractivity contribution in [1.82, 2.24) is 19.0 Å². The van der Waals surface area contributed by atoms with Crippen molar-refractivity contribution in [2.45, 2.75) is 6.42 Å². The molecule has 14 nitrogen and oxygen atoms in total. The number of carbonyl (C=O) groups is 5. The van der Waals surface area contributed by atoms with Gasteiger partial charge in [-0.15, -0.1) is 34.5 Å². The van der Waals surface area contributed by atoms with E-state index in [0.717, 1.165) is 15.8 Å². The molecule has 5 rings (SSSR count). The summed E-state index contributed by atoms with van der Waals surface area (Å²) in [5.41, 5.74) is 8.10. The number of anilines is 4. The molecular formula is C34H37Cl2N9O5S. The fourth-order valence-electron chi connectivity index (χ4n) is 5.46. The average molecular weight is 755 g/mol. The molecule has 0 spiro atoms. The number of hydrogen-bond acceptors (Lipinski definition) is 7. The van der Waals surface area contributed by atoms with Crippen LogP contribution in [0.25, 0.3) is 10.1 Å². The van der Waals surface area contributed by atoms with Crippen molar-refractivity contribution < 1.29 is 24.0 Å². The molecule has 0 aliphatic rings. The third kappa shape index (κ3) is 8.92. The molecule has 268 valence electrons. The maximum Gasteiger partial charge on any atom is 0.272 e. The molecule has 0 fully saturated rings. The third-order valence-corrected chi connectivity index (χ3v) is 9.39. The lowest BCUT2D eigenvalue weighted by molar-refractivity contribution is -0.117. The third-order valence-electron chi connectivity index (χ3n) is 7.94. The Labute approximate surface area is 307 Å². The van der Waals surface area contributed by atoms with Crippen molar-refractivity contribution in [3.05, 3.63) is 83.0 Å². The summed E-state index contributed by atoms with van der Waals surface area (Å²) in [4.78, 5) is 65.6. The number of nitrogens with two attached hydrogens (primary N) is 1. The zero-order valence-corrected chi connectivity index (χ0v) is 30.4. The largest absolute Gasteiger partial charge is 0.370 e. The summed E-state index contributed by atoms with van der Waals surface area (Å²) in [6, 6.07) is 12.4. The first kappa shape index (κ1) is 37.0. The molecule has 51 heavy (non-hydrogen) atoms. The lowest BCUT2D eigenvalue weighted by atomic mass is 10.2. The predicted octanol–water partition coefficient (Wildman–Crippen LogP) is 4.56. The van der Waals surface area contributed by atoms with E-state index < -0.39 is 23.6 Å². The monoisotopic (exact) mass is 753 g/mol. The summed E-state index contributed by atoms with van der Waals surface area (Å²) >= 11 is 13.3. The van der Waals surface area contributed by atoms with Crippen LogP contribution in [0, 0.1) is 0 Å². The molecule has 17 heteroatoms. The summed E-state index contributed by atoms with van der Waals surface area (Å²) in [5.74, 6) is -1.23. The standard InChI is InChI=1S/C34H37Cl2N9O5S/c1-42-17-21(14-25(42)31(47)38-9-6-30(37)46)39-32(48)26-15-22(18-43(26)2)40-33(49)27-16-23(19-44(27)3)41-34(50)29-13-20-12-24(4-5-28(20)51-29)45(10-7-35)11-8-36/h4-5,12-19H,6-11H2,1-3H3,(H2,37,46)(H,38,47)(H,39,48)(H,40,49)(H,41,50). The highest BCUT2D eigenvalue weighted by atomic mass is 35.5. The highest BCUT2D eigenvalue weighted by Gasteiger charge is 2.20. The zero-order chi connectivity index (χ0) is 36.8. The molecule has 0 aliphatic carbocycles. The number of halogens is 2. The lowest BCUT2D eigenvalue weighted by Gasteiger charge is -2.22. The molecule has 0 bridgehead atoms. The summed E-state index contributed by atoms with van der Waals surface area (Å²) in [6.07, 6.45) is 4.83. The van der Waals surface area contributed by atoms with E-state index >= 15 is 0 Å². The normalized spacial score (nSPS) is 11.0. The van der Waals surface area contributed by atoms with Crippen LogP contribution >= 0.6 is 34.5 Å². The molecule has 0 atom stereocenters. The second-order valence-corrected chi connectivity index (χ2v) is 13.5. The summed E-state index contributed by atoms with van der Waals surface area (Å²) in [6.45, 7) is 1.40. The van der Waals surface area contributed by atoms with Crippen LogP contribution in [0.5, 0.6) is 0 Å². The molecule has 5 aromatic rings. The van der Waals surface area contributed by atoms with Crippen molar-refractivity contribution in [3.8, 4) is 0 Å². The second kappa shape index (κ2) is 16.2. The van der Waals surface area contributed by atoms with Gasteiger partial charge in [-0.2, -0.15) is 0 Å². The van der Waals surface area contributed by atoms with Gasteiger partial charge in [0.05, 0.1) is 21.9 Å². The first-order valence-electron chi connectivity index (χ1n) is 15.8. The Hall–Kier alpha value is -5.25. The number of aryl methyl sites for hydroxylation is 3. The summed E-state index contributed by atoms with van der Waals surface area (Å²) < 4.78 is 5.66. The van der Waals surface area contributed by atoms with E-state index in [9.17, 15) is 24.0 Å². The van der Waals surface area contributed by atoms with Crippen molar-refractivity contribution >= 4 is 96.9 Å². The van der Waals surface area contributed by atoms with Crippen molar-refractivity contribution in [2.75, 3.05) is 52.2 Å². The lowest BCUT2D eigenvalue weighted by Crippen LogP contribution is -2.29. The van der Waals surface area contributed by atoms with Crippen LogP contribution < -0.4 is 31.9 Å². The molecule has 0 unspecified atom stereocenters. The van der Waals surface area contributed by atoms with Crippen molar-refractivity contribution in [1.29, 1.82) is 0 Å². The van der Waals surface area contributed by atoms with Gasteiger partial charge in [0.2, 0.25) is 5.91 Å². The number of thiophene rings is 1. The number of benzene rings is 1. The Morgan fingerprint density at radius 2 is 1.20 bits per heavy atom. The van der Waals surface area contributed by atoms with Crippen LogP contribution in [-0.4, -0.2) is 74.6 Å². The maximum atomic E-state index is 13.3. The molecule has 4 aromatic heterocycles. The van der Waals surface area contributed by atoms with Gasteiger partial charge in [-0.3, -0.25) is 24.0 Å². The van der Waals surface area contributed by atoms with Crippen LogP contribution in [0.4, 0.5) is 22.7 Å². The number of alkyl halides is 2. The summed E-state index contributed by atoms with van der Waals surface area (Å²) in [5, 5.41) is 12.0. The number of carbonyl (C=O) groups excluding carboxylic acids is 5. The fourth-order valence-corrected chi connectivity index (χ4v) is 6.81. The average Bonchev–Trinajstić information content (AvgIpc) is 3.85. The molecule has 5 amide bonds. The Bertz CT molecular complexity index is 2110. The quantitative estimate of drug-likeness (QED) is 0.0979. The number of primary amides is 1. The molecule has 6 N–H and O–H groups in total. The minimum absolute atomic E-state index is 0.00825. The molecule has 0 saturated carbocycles. The van der Waals surface area contributed by atoms with Gasteiger partial charge in [0.15, 0.2) is 0 Å². The van der Waals surface area contributed by atoms with Gasteiger partial charge in [-0.05, 0) is 47.9 Å². The van der Waals surface area contributed by atoms with E-state index in [1.807, 2.05) is 24.3 Å². The Kier molecular flexibility index (Phi) is 11.7. The number of amides is 5. The topological polar surface area (TPSA) is 178 Å². The highest BCUT2D eigenvalue weighted by Crippen LogP contribution is 2.30. The van der Waals surface area contributed by atoms with Gasteiger partial charge in [-0.1, -0.05) is 0 Å². The van der Waals surface area contributed by atoms with Gasteiger partial charge in [0.1, 0.15) is 17.1 Å². The van der Waals surface area contributed by atoms with Crippen LogP contribution in [0.3, 0.4) is 0 Å². The van der Waals surface area contributed by atoms with Crippen LogP contribution in [0.15, 0.2) is 61.1 Å². The second-order valence-electron chi connectivity index (χ2n) is 11.7. The van der Waals surface area contributed by atoms with Gasteiger partial charge >= 0.3 is 0 Å². The van der Waals surface area contributed by atoms with Gasteiger partial charge < -0.3 is 45.6 Å². The minimum Gasteiger partial charge on any atom is -0.370 e. The van der Waals surface area contributed by atoms with Gasteiger partial charge in [-0.25, -0.2) is 0 Å². The van der Waals surface area contributed by atoms with E-state index in [0.29, 0.717) is 46.8 Å². The van der Waals surface area contributed by atoms with Crippen LogP contribution in [-0.2, 0) is 25.9 Å². The molecular weight excluding hydrogens is 717 g/mol. The van der Waals surface area contributed by atoms with E-state index in [1.54, 1.807) is 59.5 Å². The fraction of sp³-hybridized carbons (Fsp3) is 0.265. The number of fused-ring (bicyclic) bond motifs is 1. The Balaban J connectivity index is 1.21. The Morgan fingerprint density at radius 1 is 0.706 bits per heavy atom. The molecule has 0 saturated heterocycles. The van der Waals surface area contributed by atoms with E-state index in [1.165, 1.54) is 23.5 Å². The van der Waals surface area contributed by atoms with Gasteiger partial charge in [0, 0.05) is 87.9 Å². The minimum atomic E-state index is -0.529. The number of aromatic nitrogens is 3. The maximum absolute atomic E-state index is 13.3. The first-order chi connectivity index (χ1) is 24.4. The SMILES string of the molecule is Cn1cc(NC(=O)c2cc(NC(=O)c3cc(NC(=O)c4cc5cc(N(CCCl)CCCl)ccc5s4)cn3C)cn2C)cc1C(=O)NCCC(N)=O. The van der Waals surface area contributed by atoms with E-state index in [-0.39, 0.29) is 36.0 Å². The number of nitrogens with one attached hydrogen (secondary N) is 4. The first-order valence-corrected chi connectivity index (χ1v) is 17.7. The molecule has 4 heterocycles.